The van der Waals surface area contributed by atoms with Gasteiger partial charge in [0.15, 0.2) is 5.82 Å². The molecule has 200 valence electrons. The highest BCUT2D eigenvalue weighted by atomic mass is 79.9. The fraction of sp³-hybridized carbons (Fsp3) is 0.233. The van der Waals surface area contributed by atoms with Gasteiger partial charge in [0, 0.05) is 4.47 Å². The smallest absolute Gasteiger partial charge is 0.310 e. The van der Waals surface area contributed by atoms with E-state index in [1.165, 1.54) is 0 Å². The van der Waals surface area contributed by atoms with Crippen molar-refractivity contribution in [2.24, 2.45) is 11.8 Å². The first-order valence-electron chi connectivity index (χ1n) is 13.0. The molecule has 0 unspecified atom stereocenters. The van der Waals surface area contributed by atoms with Crippen LogP contribution in [-0.2, 0) is 14.3 Å². The van der Waals surface area contributed by atoms with Crippen molar-refractivity contribution in [3.8, 4) is 0 Å². The predicted molar refractivity (Wildman–Crippen MR) is 147 cm³/mol. The summed E-state index contributed by atoms with van der Waals surface area (Å²) >= 11 is 3.51. The van der Waals surface area contributed by atoms with E-state index in [9.17, 15) is 14.7 Å². The van der Waals surface area contributed by atoms with E-state index in [0.29, 0.717) is 5.82 Å². The summed E-state index contributed by atoms with van der Waals surface area (Å²) in [5.41, 5.74) is 1.77. The van der Waals surface area contributed by atoms with E-state index in [1.807, 2.05) is 91.0 Å². The maximum absolute atomic E-state index is 14.1. The second kappa shape index (κ2) is 9.50. The number of aromatic nitrogens is 4. The van der Waals surface area contributed by atoms with Crippen molar-refractivity contribution in [1.82, 2.24) is 25.1 Å². The number of amides is 1. The van der Waals surface area contributed by atoms with Crippen LogP contribution in [0.15, 0.2) is 102 Å². The molecule has 7 rings (SSSR count). The largest absolute Gasteiger partial charge is 0.481 e. The van der Waals surface area contributed by atoms with Crippen LogP contribution in [0.2, 0.25) is 0 Å². The molecular formula is C30H24BrN5O4. The van der Waals surface area contributed by atoms with Gasteiger partial charge in [-0.25, -0.2) is 4.68 Å². The van der Waals surface area contributed by atoms with E-state index in [4.69, 9.17) is 4.74 Å². The van der Waals surface area contributed by atoms with Crippen molar-refractivity contribution in [3.63, 3.8) is 0 Å². The summed E-state index contributed by atoms with van der Waals surface area (Å²) in [6.07, 6.45) is 3.02. The normalized spacial score (nSPS) is 25.5. The molecule has 4 heterocycles. The summed E-state index contributed by atoms with van der Waals surface area (Å²) in [5.74, 6) is -2.60. The zero-order valence-electron chi connectivity index (χ0n) is 21.1. The van der Waals surface area contributed by atoms with Crippen LogP contribution in [0.5, 0.6) is 0 Å². The van der Waals surface area contributed by atoms with Crippen molar-refractivity contribution >= 4 is 27.8 Å². The van der Waals surface area contributed by atoms with E-state index >= 15 is 0 Å². The van der Waals surface area contributed by atoms with Crippen LogP contribution in [0.4, 0.5) is 0 Å². The molecule has 4 aromatic rings. The maximum Gasteiger partial charge on any atom is 0.310 e. The number of carbonyl (C=O) groups is 2. The quantitative estimate of drug-likeness (QED) is 0.320. The summed E-state index contributed by atoms with van der Waals surface area (Å²) in [6, 6.07) is 26.5. The van der Waals surface area contributed by atoms with E-state index in [0.717, 1.165) is 21.2 Å². The first-order valence-corrected chi connectivity index (χ1v) is 13.8. The molecule has 1 amide bonds. The molecule has 1 N–H and O–H groups in total. The van der Waals surface area contributed by atoms with Crippen molar-refractivity contribution in [3.05, 3.63) is 124 Å². The third-order valence-corrected chi connectivity index (χ3v) is 8.68. The molecule has 3 aliphatic rings. The second-order valence-electron chi connectivity index (χ2n) is 10.4. The van der Waals surface area contributed by atoms with Crippen molar-refractivity contribution in [2.45, 2.75) is 23.8 Å². The van der Waals surface area contributed by atoms with Gasteiger partial charge in [0.1, 0.15) is 23.6 Å². The lowest BCUT2D eigenvalue weighted by atomic mass is 9.77. The number of benzene rings is 3. The lowest BCUT2D eigenvalue weighted by Gasteiger charge is -2.31. The number of aliphatic carboxylic acids is 1. The SMILES string of the molecule is O=C(O)[C@H]1[C@H]2C=C[C@@]3(CN([C@H](c4ccc(Br)cc4)c4nnnn4C(c4ccccc4)c4ccccc4)C(=O)[C@@H]13)O2. The summed E-state index contributed by atoms with van der Waals surface area (Å²) in [6.45, 7) is 0.197. The lowest BCUT2D eigenvalue weighted by Crippen LogP contribution is -2.40. The highest BCUT2D eigenvalue weighted by molar-refractivity contribution is 9.10. The Hall–Kier alpha value is -4.15. The number of tetrazole rings is 1. The Bertz CT molecular complexity index is 1570. The van der Waals surface area contributed by atoms with Gasteiger partial charge >= 0.3 is 5.97 Å². The van der Waals surface area contributed by atoms with Gasteiger partial charge in [-0.2, -0.15) is 0 Å². The average molecular weight is 598 g/mol. The van der Waals surface area contributed by atoms with Gasteiger partial charge in [-0.05, 0) is 39.2 Å². The van der Waals surface area contributed by atoms with Crippen LogP contribution in [0.3, 0.4) is 0 Å². The molecule has 10 heteroatoms. The number of hydrogen-bond donors (Lipinski definition) is 1. The standard InChI is InChI=1S/C30H24BrN5O4/c31-21-13-11-20(12-14-21)26(35-17-30-16-15-22(40-30)23(29(38)39)24(30)28(35)37)27-32-33-34-36(27)25(18-7-3-1-4-8-18)19-9-5-2-6-10-19/h1-16,22-26H,17H2,(H,38,39)/t22-,23+,24-,26-,30+/m1/s1. The molecule has 0 radical (unpaired) electrons. The third kappa shape index (κ3) is 3.82. The van der Waals surface area contributed by atoms with Crippen LogP contribution in [0.25, 0.3) is 0 Å². The Balaban J connectivity index is 1.38. The Kier molecular flexibility index (Phi) is 5.90. The number of ether oxygens (including phenoxy) is 1. The maximum atomic E-state index is 14.1. The van der Waals surface area contributed by atoms with Crippen LogP contribution in [-0.4, -0.2) is 60.3 Å². The predicted octanol–water partition coefficient (Wildman–Crippen LogP) is 4.03. The molecular weight excluding hydrogens is 574 g/mol. The van der Waals surface area contributed by atoms with E-state index in [-0.39, 0.29) is 18.5 Å². The van der Waals surface area contributed by atoms with Crippen LogP contribution >= 0.6 is 15.9 Å². The van der Waals surface area contributed by atoms with Gasteiger partial charge in [-0.3, -0.25) is 9.59 Å². The molecule has 40 heavy (non-hydrogen) atoms. The molecule has 9 nitrogen and oxygen atoms in total. The fourth-order valence-electron chi connectivity index (χ4n) is 6.45. The molecule has 2 saturated heterocycles. The fourth-order valence-corrected chi connectivity index (χ4v) is 6.72. The Labute approximate surface area is 238 Å². The zero-order valence-corrected chi connectivity index (χ0v) is 22.7. The van der Waals surface area contributed by atoms with Gasteiger partial charge in [-0.15, -0.1) is 5.10 Å². The zero-order chi connectivity index (χ0) is 27.4. The number of hydrogen-bond acceptors (Lipinski definition) is 6. The molecule has 2 fully saturated rings. The van der Waals surface area contributed by atoms with Crippen molar-refractivity contribution < 1.29 is 19.4 Å². The third-order valence-electron chi connectivity index (χ3n) is 8.15. The van der Waals surface area contributed by atoms with Gasteiger partial charge in [0.2, 0.25) is 5.91 Å². The second-order valence-corrected chi connectivity index (χ2v) is 11.3. The number of carboxylic acid groups (broad SMARTS) is 1. The Morgan fingerprint density at radius 3 is 2.20 bits per heavy atom. The Morgan fingerprint density at radius 1 is 0.950 bits per heavy atom. The lowest BCUT2D eigenvalue weighted by molar-refractivity contribution is -0.148. The monoisotopic (exact) mass is 597 g/mol. The first-order chi connectivity index (χ1) is 19.5. The topological polar surface area (TPSA) is 110 Å². The molecule has 1 spiro atoms. The number of fused-ring (bicyclic) bond motifs is 1. The van der Waals surface area contributed by atoms with Crippen LogP contribution < -0.4 is 0 Å². The first kappa shape index (κ1) is 24.9. The summed E-state index contributed by atoms with van der Waals surface area (Å²) < 4.78 is 8.83. The van der Waals surface area contributed by atoms with Gasteiger partial charge in [0.05, 0.1) is 18.6 Å². The molecule has 3 aromatic carbocycles. The number of likely N-dealkylation sites (tertiary alicyclic amines) is 1. The highest BCUT2D eigenvalue weighted by Gasteiger charge is 2.68. The van der Waals surface area contributed by atoms with Gasteiger partial charge in [-0.1, -0.05) is 101 Å². The molecule has 3 aliphatic heterocycles. The van der Waals surface area contributed by atoms with Crippen LogP contribution in [0, 0.1) is 11.8 Å². The van der Waals surface area contributed by atoms with E-state index < -0.39 is 35.6 Å². The number of carboxylic acids is 1. The summed E-state index contributed by atoms with van der Waals surface area (Å²) in [5, 5.41) is 23.0. The van der Waals surface area contributed by atoms with Crippen molar-refractivity contribution in [2.75, 3.05) is 6.54 Å². The number of rotatable bonds is 7. The Morgan fingerprint density at radius 2 is 1.57 bits per heavy atom. The summed E-state index contributed by atoms with van der Waals surface area (Å²) in [4.78, 5) is 28.1. The van der Waals surface area contributed by atoms with Crippen LogP contribution in [0.1, 0.15) is 34.6 Å². The number of carbonyl (C=O) groups excluding carboxylic acids is 1. The minimum absolute atomic E-state index is 0.197. The number of nitrogens with zero attached hydrogens (tertiary/aromatic N) is 5. The molecule has 5 atom stereocenters. The van der Waals surface area contributed by atoms with Gasteiger partial charge in [0.25, 0.3) is 0 Å². The highest BCUT2D eigenvalue weighted by Crippen LogP contribution is 2.54. The number of halogens is 1. The molecule has 2 bridgehead atoms. The molecule has 0 saturated carbocycles. The van der Waals surface area contributed by atoms with E-state index in [2.05, 4.69) is 31.5 Å². The summed E-state index contributed by atoms with van der Waals surface area (Å²) in [7, 11) is 0. The molecule has 0 aliphatic carbocycles. The minimum Gasteiger partial charge on any atom is -0.481 e. The minimum atomic E-state index is -1.03. The van der Waals surface area contributed by atoms with Crippen molar-refractivity contribution in [1.29, 1.82) is 0 Å². The van der Waals surface area contributed by atoms with Gasteiger partial charge < -0.3 is 14.7 Å². The van der Waals surface area contributed by atoms with E-state index in [1.54, 1.807) is 15.7 Å². The average Bonchev–Trinajstić information content (AvgIpc) is 3.74. The molecule has 1 aromatic heterocycles.